The van der Waals surface area contributed by atoms with Gasteiger partial charge in [0.1, 0.15) is 0 Å². The highest BCUT2D eigenvalue weighted by Crippen LogP contribution is 2.24. The first-order chi connectivity index (χ1) is 11.1. The maximum atomic E-state index is 11.8. The maximum Gasteiger partial charge on any atom is 0.310 e. The third kappa shape index (κ3) is 7.98. The molecule has 24 heavy (non-hydrogen) atoms. The number of ether oxygens (including phenoxy) is 3. The van der Waals surface area contributed by atoms with Crippen LogP contribution in [-0.4, -0.2) is 77.0 Å². The number of carbonyl (C=O) groups is 1. The molecule has 0 aromatic carbocycles. The van der Waals surface area contributed by atoms with E-state index in [4.69, 9.17) is 14.2 Å². The largest absolute Gasteiger partial charge is 0.469 e. The van der Waals surface area contributed by atoms with Gasteiger partial charge in [-0.1, -0.05) is 6.92 Å². The Morgan fingerprint density at radius 2 is 2.00 bits per heavy atom. The van der Waals surface area contributed by atoms with Gasteiger partial charge in [0.25, 0.3) is 0 Å². The molecule has 0 spiro atoms. The molecule has 1 rings (SSSR count). The van der Waals surface area contributed by atoms with Gasteiger partial charge in [-0.2, -0.15) is 0 Å². The van der Waals surface area contributed by atoms with Gasteiger partial charge in [-0.15, -0.1) is 24.0 Å². The molecule has 1 aliphatic rings. The third-order valence-electron chi connectivity index (χ3n) is 3.89. The highest BCUT2D eigenvalue weighted by Gasteiger charge is 2.36. The number of esters is 1. The van der Waals surface area contributed by atoms with E-state index >= 15 is 0 Å². The average molecular weight is 457 g/mol. The highest BCUT2D eigenvalue weighted by atomic mass is 127. The van der Waals surface area contributed by atoms with Crippen LogP contribution in [0.4, 0.5) is 0 Å². The van der Waals surface area contributed by atoms with E-state index < -0.39 is 0 Å². The zero-order valence-corrected chi connectivity index (χ0v) is 17.6. The van der Waals surface area contributed by atoms with Crippen LogP contribution >= 0.6 is 24.0 Å². The molecule has 1 fully saturated rings. The van der Waals surface area contributed by atoms with Crippen molar-refractivity contribution in [3.8, 4) is 0 Å². The molecule has 1 aliphatic heterocycles. The minimum Gasteiger partial charge on any atom is -0.469 e. The van der Waals surface area contributed by atoms with Gasteiger partial charge in [0.15, 0.2) is 5.96 Å². The fourth-order valence-corrected chi connectivity index (χ4v) is 2.62. The lowest BCUT2D eigenvalue weighted by atomic mass is 9.99. The molecule has 1 saturated heterocycles. The molecule has 142 valence electrons. The van der Waals surface area contributed by atoms with Crippen LogP contribution in [0.1, 0.15) is 20.3 Å². The number of hydrogen-bond acceptors (Lipinski definition) is 5. The number of guanidine groups is 1. The van der Waals surface area contributed by atoms with Gasteiger partial charge in [-0.3, -0.25) is 9.79 Å². The molecule has 0 amide bonds. The van der Waals surface area contributed by atoms with Crippen LogP contribution in [0.5, 0.6) is 0 Å². The third-order valence-corrected chi connectivity index (χ3v) is 3.89. The smallest absolute Gasteiger partial charge is 0.310 e. The zero-order chi connectivity index (χ0) is 17.1. The fourth-order valence-electron chi connectivity index (χ4n) is 2.62. The van der Waals surface area contributed by atoms with Crippen LogP contribution in [0, 0.1) is 11.8 Å². The van der Waals surface area contributed by atoms with Crippen LogP contribution in [0.3, 0.4) is 0 Å². The van der Waals surface area contributed by atoms with Crippen molar-refractivity contribution in [1.82, 2.24) is 10.2 Å². The lowest BCUT2D eigenvalue weighted by molar-refractivity contribution is -0.145. The van der Waals surface area contributed by atoms with Gasteiger partial charge in [0.05, 0.1) is 26.2 Å². The second-order valence-corrected chi connectivity index (χ2v) is 5.71. The molecular formula is C16H32IN3O4. The number of carbonyl (C=O) groups excluding carboxylic acids is 1. The summed E-state index contributed by atoms with van der Waals surface area (Å²) >= 11 is 0. The predicted molar refractivity (Wildman–Crippen MR) is 105 cm³/mol. The Morgan fingerprint density at radius 1 is 1.25 bits per heavy atom. The van der Waals surface area contributed by atoms with E-state index in [9.17, 15) is 4.79 Å². The highest BCUT2D eigenvalue weighted by molar-refractivity contribution is 14.0. The van der Waals surface area contributed by atoms with Crippen molar-refractivity contribution in [2.45, 2.75) is 20.3 Å². The molecule has 0 radical (unpaired) electrons. The van der Waals surface area contributed by atoms with Crippen molar-refractivity contribution >= 4 is 35.9 Å². The predicted octanol–water partition coefficient (Wildman–Crippen LogP) is 1.36. The quantitative estimate of drug-likeness (QED) is 0.185. The van der Waals surface area contributed by atoms with Crippen LogP contribution in [0.25, 0.3) is 0 Å². The maximum absolute atomic E-state index is 11.8. The van der Waals surface area contributed by atoms with E-state index in [0.29, 0.717) is 32.9 Å². The van der Waals surface area contributed by atoms with Gasteiger partial charge in [0.2, 0.25) is 0 Å². The Morgan fingerprint density at radius 3 is 2.62 bits per heavy atom. The molecule has 1 N–H and O–H groups in total. The lowest BCUT2D eigenvalue weighted by Crippen LogP contribution is -2.40. The molecule has 0 saturated carbocycles. The number of aliphatic imine (C=N–C) groups is 1. The van der Waals surface area contributed by atoms with Gasteiger partial charge >= 0.3 is 5.97 Å². The minimum atomic E-state index is -0.137. The monoisotopic (exact) mass is 457 g/mol. The van der Waals surface area contributed by atoms with E-state index in [1.165, 1.54) is 7.11 Å². The first kappa shape index (κ1) is 23.4. The molecule has 0 bridgehead atoms. The molecule has 2 unspecified atom stereocenters. The molecule has 8 heteroatoms. The SMILES string of the molecule is CCNC(=NCCCOCCOC)N1CC(C)C(C(=O)OC)C1.I. The molecular weight excluding hydrogens is 425 g/mol. The summed E-state index contributed by atoms with van der Waals surface area (Å²) < 4.78 is 15.2. The Bertz CT molecular complexity index is 382. The van der Waals surface area contributed by atoms with Crippen LogP contribution in [-0.2, 0) is 19.0 Å². The Balaban J connectivity index is 0.00000529. The van der Waals surface area contributed by atoms with Crippen LogP contribution in [0.15, 0.2) is 4.99 Å². The molecule has 0 aliphatic carbocycles. The summed E-state index contributed by atoms with van der Waals surface area (Å²) in [6.07, 6.45) is 0.864. The lowest BCUT2D eigenvalue weighted by Gasteiger charge is -2.21. The second kappa shape index (κ2) is 13.7. The standard InChI is InChI=1S/C16H31N3O4.HI/c1-5-17-16(18-7-6-8-23-10-9-21-3)19-11-13(2)14(12-19)15(20)22-4;/h13-14H,5-12H2,1-4H3,(H,17,18);1H. The molecule has 2 atom stereocenters. The van der Waals surface area contributed by atoms with Crippen LogP contribution < -0.4 is 5.32 Å². The summed E-state index contributed by atoms with van der Waals surface area (Å²) in [5, 5.41) is 3.30. The topological polar surface area (TPSA) is 72.4 Å². The fraction of sp³-hybridized carbons (Fsp3) is 0.875. The summed E-state index contributed by atoms with van der Waals surface area (Å²) in [5.74, 6) is 0.912. The molecule has 1 heterocycles. The Kier molecular flexibility index (Phi) is 13.3. The van der Waals surface area contributed by atoms with E-state index in [0.717, 1.165) is 25.5 Å². The van der Waals surface area contributed by atoms with E-state index in [-0.39, 0.29) is 41.8 Å². The number of halogens is 1. The minimum absolute atomic E-state index is 0. The normalized spacial score (nSPS) is 20.7. The number of rotatable bonds is 9. The van der Waals surface area contributed by atoms with Crippen molar-refractivity contribution in [2.24, 2.45) is 16.8 Å². The molecule has 0 aromatic heterocycles. The van der Waals surface area contributed by atoms with E-state index in [1.807, 2.05) is 6.92 Å². The van der Waals surface area contributed by atoms with Crippen molar-refractivity contribution in [2.75, 3.05) is 60.2 Å². The number of likely N-dealkylation sites (tertiary alicyclic amines) is 1. The van der Waals surface area contributed by atoms with Crippen molar-refractivity contribution in [3.05, 3.63) is 0 Å². The average Bonchev–Trinajstić information content (AvgIpc) is 2.94. The van der Waals surface area contributed by atoms with Gasteiger partial charge < -0.3 is 24.4 Å². The number of nitrogens with zero attached hydrogens (tertiary/aromatic N) is 2. The summed E-state index contributed by atoms with van der Waals surface area (Å²) in [4.78, 5) is 18.6. The Labute approximate surface area is 162 Å². The Hall–Kier alpha value is -0.610. The van der Waals surface area contributed by atoms with Crippen LogP contribution in [0.2, 0.25) is 0 Å². The number of methoxy groups -OCH3 is 2. The van der Waals surface area contributed by atoms with E-state index in [1.54, 1.807) is 7.11 Å². The first-order valence-corrected chi connectivity index (χ1v) is 8.31. The van der Waals surface area contributed by atoms with Gasteiger partial charge in [-0.05, 0) is 19.3 Å². The van der Waals surface area contributed by atoms with Crippen molar-refractivity contribution in [3.63, 3.8) is 0 Å². The summed E-state index contributed by atoms with van der Waals surface area (Å²) in [6.45, 7) is 9.00. The van der Waals surface area contributed by atoms with Crippen molar-refractivity contribution < 1.29 is 19.0 Å². The van der Waals surface area contributed by atoms with Crippen molar-refractivity contribution in [1.29, 1.82) is 0 Å². The molecule has 0 aromatic rings. The summed E-state index contributed by atoms with van der Waals surface area (Å²) in [5.41, 5.74) is 0. The number of nitrogens with one attached hydrogen (secondary N) is 1. The zero-order valence-electron chi connectivity index (χ0n) is 15.2. The van der Waals surface area contributed by atoms with Gasteiger partial charge in [0, 0.05) is 39.9 Å². The summed E-state index contributed by atoms with van der Waals surface area (Å²) in [6, 6.07) is 0. The summed E-state index contributed by atoms with van der Waals surface area (Å²) in [7, 11) is 3.11. The first-order valence-electron chi connectivity index (χ1n) is 8.31. The molecule has 7 nitrogen and oxygen atoms in total. The van der Waals surface area contributed by atoms with E-state index in [2.05, 4.69) is 22.1 Å². The van der Waals surface area contributed by atoms with Gasteiger partial charge in [-0.25, -0.2) is 0 Å². The second-order valence-electron chi connectivity index (χ2n) is 5.71. The number of hydrogen-bond donors (Lipinski definition) is 1.